The van der Waals surface area contributed by atoms with E-state index in [9.17, 15) is 48.1 Å². The molecule has 0 bridgehead atoms. The van der Waals surface area contributed by atoms with Crippen molar-refractivity contribution in [3.63, 3.8) is 0 Å². The highest BCUT2D eigenvalue weighted by molar-refractivity contribution is 8.13. The van der Waals surface area contributed by atoms with Crippen LogP contribution >= 0.6 is 19.4 Å². The molecular weight excluding hydrogens is 1100 g/mol. The lowest BCUT2D eigenvalue weighted by molar-refractivity contribution is -0.228. The average Bonchev–Trinajstić information content (AvgIpc) is 1.57. The van der Waals surface area contributed by atoms with Crippen molar-refractivity contribution in [3.05, 3.63) is 66.3 Å². The van der Waals surface area contributed by atoms with Gasteiger partial charge in [-0.15, -0.1) is 6.58 Å². The standard InChI is InChI=1S/C60H90F2N5O13PS/c1-9-12-13-14-17-21-43(10-2)78-37-50(70)67-52(38(4)5)54(73)66-48(22-20-29-64-56(63)75)53(72)65-41-25-23-40(24-26-41)36-79-81(76,77)30-18-15-16-19-31-82-55(74)60(80-51(71)11-3)39(6)32-44-45-34-47(61)46-33-42(68)27-28-57(46,7)59(45,62)49(69)35-58(44,60)8/h10,23-28,33,38-39,43-45,47-49,52,69H,2,9,11-22,29-32,34-37H2,1,3-8H3,(H,65,72)(H,66,73)(H,67,70)(H,76,77)(H3,63,64,75)/t39-,43?,44+,45+,47+,48?,49+,52?,57+,58+,59+,60+/m1/s1. The molecule has 0 aromatic heterocycles. The van der Waals surface area contributed by atoms with E-state index in [1.807, 2.05) is 0 Å². The maximum absolute atomic E-state index is 17.9. The van der Waals surface area contributed by atoms with Gasteiger partial charge in [0, 0.05) is 53.2 Å². The zero-order valence-electron chi connectivity index (χ0n) is 48.9. The van der Waals surface area contributed by atoms with Crippen molar-refractivity contribution < 1.29 is 70.9 Å². The minimum absolute atomic E-state index is 0.00207. The second-order valence-corrected chi connectivity index (χ2v) is 26.5. The van der Waals surface area contributed by atoms with Crippen molar-refractivity contribution in [3.8, 4) is 0 Å². The second kappa shape index (κ2) is 30.3. The molecule has 0 aliphatic heterocycles. The SMILES string of the molecule is C=CC(CCCCCCC)OCC(=O)NC(C(=O)NC(CCCNC(N)=O)C(=O)Nc1ccc(COP(=O)(O)CCCCCCSC(=O)[C@@]2(OC(=O)CC)[C@H](C)C[C@H]3[C@@H]4C[C@H](F)C5=CC(=O)C=C[C@]5(C)[C@@]4(F)[C@@H](O)C[C@@]32C)cc1)C(C)C. The summed E-state index contributed by atoms with van der Waals surface area (Å²) in [5.74, 6) is -5.03. The normalized spacial score (nSPS) is 28.2. The lowest BCUT2D eigenvalue weighted by atomic mass is 9.44. The second-order valence-electron chi connectivity index (χ2n) is 23.5. The molecule has 13 atom stereocenters. The topological polar surface area (TPSA) is 279 Å². The van der Waals surface area contributed by atoms with Crippen molar-refractivity contribution in [1.82, 2.24) is 16.0 Å². The van der Waals surface area contributed by atoms with Crippen LogP contribution in [0, 0.1) is 34.5 Å². The van der Waals surface area contributed by atoms with E-state index in [4.69, 9.17) is 19.7 Å². The van der Waals surface area contributed by atoms with Gasteiger partial charge in [-0.05, 0) is 106 Å². The molecule has 0 spiro atoms. The van der Waals surface area contributed by atoms with Crippen LogP contribution in [0.1, 0.15) is 157 Å². The van der Waals surface area contributed by atoms with E-state index in [1.54, 1.807) is 65.0 Å². The summed E-state index contributed by atoms with van der Waals surface area (Å²) in [4.78, 5) is 102. The summed E-state index contributed by atoms with van der Waals surface area (Å²) in [5, 5.41) is 22.2. The third kappa shape index (κ3) is 16.3. The number of ether oxygens (including phenoxy) is 2. The number of nitrogens with two attached hydrogens (primary N) is 1. The summed E-state index contributed by atoms with van der Waals surface area (Å²) in [5.41, 5.74) is -0.818. The van der Waals surface area contributed by atoms with Gasteiger partial charge in [-0.25, -0.2) is 13.6 Å². The van der Waals surface area contributed by atoms with Crippen LogP contribution in [0.2, 0.25) is 0 Å². The van der Waals surface area contributed by atoms with E-state index in [0.29, 0.717) is 42.7 Å². The molecule has 3 fully saturated rings. The van der Waals surface area contributed by atoms with Crippen molar-refractivity contribution in [2.24, 2.45) is 40.2 Å². The number of unbranched alkanes of at least 4 members (excludes halogenated alkanes) is 7. The van der Waals surface area contributed by atoms with Gasteiger partial charge < -0.3 is 51.0 Å². The molecule has 3 saturated carbocycles. The number of hydrogen-bond donors (Lipinski definition) is 7. The summed E-state index contributed by atoms with van der Waals surface area (Å²) in [6, 6.07) is 3.55. The molecule has 0 saturated heterocycles. The number of primary amides is 1. The van der Waals surface area contributed by atoms with Gasteiger partial charge in [-0.1, -0.05) is 123 Å². The molecule has 18 nitrogen and oxygen atoms in total. The minimum atomic E-state index is -4.04. The van der Waals surface area contributed by atoms with E-state index < -0.39 is 112 Å². The van der Waals surface area contributed by atoms with Crippen LogP contribution in [0.25, 0.3) is 0 Å². The molecule has 4 aliphatic carbocycles. The van der Waals surface area contributed by atoms with Crippen molar-refractivity contribution >= 4 is 65.7 Å². The highest BCUT2D eigenvalue weighted by Gasteiger charge is 2.78. The maximum atomic E-state index is 17.9. The third-order valence-electron chi connectivity index (χ3n) is 17.4. The number of nitrogens with one attached hydrogen (secondary N) is 4. The summed E-state index contributed by atoms with van der Waals surface area (Å²) < 4.78 is 64.5. The molecule has 4 aliphatic rings. The Bertz CT molecular complexity index is 2540. The average molecular weight is 1190 g/mol. The van der Waals surface area contributed by atoms with Crippen LogP contribution in [0.5, 0.6) is 0 Å². The number of ketones is 1. The first kappa shape index (κ1) is 68.0. The number of hydrogen-bond acceptors (Lipinski definition) is 13. The molecule has 22 heteroatoms. The number of allylic oxidation sites excluding steroid dienone is 4. The van der Waals surface area contributed by atoms with Crippen LogP contribution < -0.4 is 27.0 Å². The molecule has 0 radical (unpaired) electrons. The number of carbonyl (C=O) groups is 7. The predicted octanol–water partition coefficient (Wildman–Crippen LogP) is 9.41. The summed E-state index contributed by atoms with van der Waals surface area (Å²) in [6.45, 7) is 15.8. The molecule has 4 unspecified atom stereocenters. The Morgan fingerprint density at radius 2 is 1.62 bits per heavy atom. The van der Waals surface area contributed by atoms with Crippen molar-refractivity contribution in [2.75, 3.05) is 30.4 Å². The van der Waals surface area contributed by atoms with Gasteiger partial charge in [0.15, 0.2) is 17.1 Å². The van der Waals surface area contributed by atoms with Gasteiger partial charge in [0.25, 0.3) is 0 Å². The smallest absolute Gasteiger partial charge is 0.328 e. The number of rotatable bonds is 33. The molecule has 1 aromatic rings. The monoisotopic (exact) mass is 1190 g/mol. The number of aliphatic hydroxyl groups excluding tert-OH is 1. The largest absolute Gasteiger partial charge is 0.449 e. The highest BCUT2D eigenvalue weighted by atomic mass is 32.2. The third-order valence-corrected chi connectivity index (χ3v) is 19.9. The molecular formula is C60H90F2N5O13PS. The lowest BCUT2D eigenvalue weighted by Gasteiger charge is -2.63. The first-order valence-corrected chi connectivity index (χ1v) is 32.1. The number of esters is 1. The van der Waals surface area contributed by atoms with Crippen LogP contribution in [0.15, 0.2) is 60.7 Å². The quantitative estimate of drug-likeness (QED) is 0.0149. The number of thioether (sulfide) groups is 1. The lowest BCUT2D eigenvalue weighted by Crippen LogP contribution is -2.70. The Hall–Kier alpha value is -4.79. The number of benzene rings is 1. The number of anilines is 1. The van der Waals surface area contributed by atoms with Crippen LogP contribution in [0.3, 0.4) is 0 Å². The van der Waals surface area contributed by atoms with Gasteiger partial charge in [0.1, 0.15) is 24.9 Å². The maximum Gasteiger partial charge on any atom is 0.328 e. The van der Waals surface area contributed by atoms with Gasteiger partial charge in [0.05, 0.1) is 18.8 Å². The van der Waals surface area contributed by atoms with Crippen LogP contribution in [0.4, 0.5) is 19.3 Å². The van der Waals surface area contributed by atoms with E-state index >= 15 is 8.78 Å². The van der Waals surface area contributed by atoms with E-state index in [-0.39, 0.29) is 82.0 Å². The Morgan fingerprint density at radius 3 is 2.28 bits per heavy atom. The molecule has 0 heterocycles. The number of alkyl halides is 2. The number of aliphatic hydroxyl groups is 1. The van der Waals surface area contributed by atoms with Crippen LogP contribution in [-0.2, 0) is 53.9 Å². The number of urea groups is 1. The number of carbonyl (C=O) groups excluding carboxylic acids is 7. The molecule has 5 amide bonds. The molecule has 8 N–H and O–H groups in total. The Balaban J connectivity index is 1.09. The molecule has 458 valence electrons. The number of amides is 5. The first-order chi connectivity index (χ1) is 38.7. The summed E-state index contributed by atoms with van der Waals surface area (Å²) in [7, 11) is -4.04. The summed E-state index contributed by atoms with van der Waals surface area (Å²) in [6.07, 6.45) is 9.82. The van der Waals surface area contributed by atoms with E-state index in [1.165, 1.54) is 19.1 Å². The van der Waals surface area contributed by atoms with Crippen molar-refractivity contribution in [1.29, 1.82) is 0 Å². The molecule has 82 heavy (non-hydrogen) atoms. The van der Waals surface area contributed by atoms with Gasteiger partial charge in [-0.3, -0.25) is 33.3 Å². The zero-order valence-corrected chi connectivity index (χ0v) is 50.7. The van der Waals surface area contributed by atoms with Crippen LogP contribution in [-0.4, -0.2) is 117 Å². The van der Waals surface area contributed by atoms with Gasteiger partial charge in [-0.2, -0.15) is 0 Å². The van der Waals surface area contributed by atoms with Crippen molar-refractivity contribution in [2.45, 2.75) is 200 Å². The molecule has 5 rings (SSSR count). The van der Waals surface area contributed by atoms with Gasteiger partial charge in [0.2, 0.25) is 22.8 Å². The molecule has 1 aromatic carbocycles. The summed E-state index contributed by atoms with van der Waals surface area (Å²) >= 11 is 0.994. The fraction of sp³-hybridized carbons (Fsp3) is 0.683. The fourth-order valence-electron chi connectivity index (χ4n) is 12.9. The zero-order chi connectivity index (χ0) is 60.6. The Morgan fingerprint density at radius 1 is 0.939 bits per heavy atom. The Labute approximate surface area is 487 Å². The number of halogens is 2. The minimum Gasteiger partial charge on any atom is -0.449 e. The first-order valence-electron chi connectivity index (χ1n) is 29.3. The predicted molar refractivity (Wildman–Crippen MR) is 312 cm³/mol. The highest BCUT2D eigenvalue weighted by Crippen LogP contribution is 2.72. The Kier molecular flexibility index (Phi) is 25.2. The fourth-order valence-corrected chi connectivity index (χ4v) is 15.2. The van der Waals surface area contributed by atoms with E-state index in [0.717, 1.165) is 56.4 Å². The van der Waals surface area contributed by atoms with Gasteiger partial charge >= 0.3 is 19.6 Å². The van der Waals surface area contributed by atoms with E-state index in [2.05, 4.69) is 34.8 Å². The number of fused-ring (bicyclic) bond motifs is 5.